The van der Waals surface area contributed by atoms with E-state index in [0.29, 0.717) is 5.70 Å². The molecule has 0 spiro atoms. The second kappa shape index (κ2) is 7.94. The summed E-state index contributed by atoms with van der Waals surface area (Å²) in [5, 5.41) is 0. The van der Waals surface area contributed by atoms with Gasteiger partial charge in [0.1, 0.15) is 0 Å². The average molecular weight is 299 g/mol. The van der Waals surface area contributed by atoms with E-state index >= 15 is 0 Å². The predicted molar refractivity (Wildman–Crippen MR) is 97.5 cm³/mol. The van der Waals surface area contributed by atoms with Crippen molar-refractivity contribution in [2.45, 2.75) is 39.0 Å². The van der Waals surface area contributed by atoms with Gasteiger partial charge < -0.3 is 5.73 Å². The number of hydrogen-bond donors (Lipinski definition) is 2. The highest BCUT2D eigenvalue weighted by Gasteiger charge is 2.11. The number of allylic oxidation sites excluding steroid dienone is 6. The second-order valence-corrected chi connectivity index (χ2v) is 5.48. The molecule has 0 aliphatic heterocycles. The van der Waals surface area contributed by atoms with E-state index in [1.807, 2.05) is 26.8 Å². The molecule has 0 fully saturated rings. The van der Waals surface area contributed by atoms with Crippen molar-refractivity contribution in [1.82, 2.24) is 0 Å². The van der Waals surface area contributed by atoms with Crippen LogP contribution in [0.4, 0.5) is 0 Å². The van der Waals surface area contributed by atoms with E-state index in [4.69, 9.17) is 5.73 Å². The lowest BCUT2D eigenvalue weighted by Gasteiger charge is -2.08. The van der Waals surface area contributed by atoms with E-state index < -0.39 is 0 Å². The van der Waals surface area contributed by atoms with E-state index in [2.05, 4.69) is 56.5 Å². The van der Waals surface area contributed by atoms with Gasteiger partial charge in [0.05, 0.1) is 0 Å². The van der Waals surface area contributed by atoms with Crippen LogP contribution in [0.3, 0.4) is 0 Å². The molecule has 0 radical (unpaired) electrons. The zero-order valence-electron chi connectivity index (χ0n) is 13.4. The van der Waals surface area contributed by atoms with Crippen LogP contribution in [0.15, 0.2) is 64.7 Å². The van der Waals surface area contributed by atoms with Crippen molar-refractivity contribution in [2.24, 2.45) is 5.73 Å². The summed E-state index contributed by atoms with van der Waals surface area (Å²) in [7, 11) is 0. The first-order valence-corrected chi connectivity index (χ1v) is 7.75. The van der Waals surface area contributed by atoms with Gasteiger partial charge in [-0.3, -0.25) is 0 Å². The lowest BCUT2D eigenvalue weighted by Crippen LogP contribution is -1.96. The van der Waals surface area contributed by atoms with Gasteiger partial charge in [0.15, 0.2) is 0 Å². The molecule has 112 valence electrons. The van der Waals surface area contributed by atoms with E-state index in [9.17, 15) is 0 Å². The standard InChI is InChI=1S/C17H19NS.C2H6/c1-11(13(3)18)8-14-4-5-15(10-14)17-7-6-16(19)9-12(17)2;1-2/h4-9,19H,3,10,18H2,1-2H3;1-2H3/b11-8-;. The Bertz CT molecular complexity index is 618. The lowest BCUT2D eigenvalue weighted by atomic mass is 9.98. The minimum absolute atomic E-state index is 0.630. The quantitative estimate of drug-likeness (QED) is 0.564. The van der Waals surface area contributed by atoms with Gasteiger partial charge in [-0.15, -0.1) is 12.6 Å². The molecule has 0 aromatic heterocycles. The maximum Gasteiger partial charge on any atom is 0.0270 e. The summed E-state index contributed by atoms with van der Waals surface area (Å²) in [6.45, 7) is 11.9. The third-order valence-corrected chi connectivity index (χ3v) is 3.64. The van der Waals surface area contributed by atoms with E-state index in [1.165, 1.54) is 22.3 Å². The Kier molecular flexibility index (Phi) is 6.57. The second-order valence-electron chi connectivity index (χ2n) is 4.96. The van der Waals surface area contributed by atoms with Gasteiger partial charge in [-0.2, -0.15) is 0 Å². The summed E-state index contributed by atoms with van der Waals surface area (Å²) in [4.78, 5) is 1.00. The summed E-state index contributed by atoms with van der Waals surface area (Å²) >= 11 is 4.36. The van der Waals surface area contributed by atoms with E-state index in [0.717, 1.165) is 16.9 Å². The first kappa shape index (κ1) is 17.4. The van der Waals surface area contributed by atoms with Gasteiger partial charge in [0.2, 0.25) is 0 Å². The van der Waals surface area contributed by atoms with Crippen LogP contribution in [-0.2, 0) is 0 Å². The van der Waals surface area contributed by atoms with Gasteiger partial charge in [-0.25, -0.2) is 0 Å². The fraction of sp³-hybridized carbons (Fsp3) is 0.263. The van der Waals surface area contributed by atoms with Crippen LogP contribution in [0.1, 0.15) is 38.3 Å². The van der Waals surface area contributed by atoms with Crippen molar-refractivity contribution in [2.75, 3.05) is 0 Å². The smallest absolute Gasteiger partial charge is 0.0270 e. The molecule has 1 aliphatic rings. The predicted octanol–water partition coefficient (Wildman–Crippen LogP) is 5.44. The van der Waals surface area contributed by atoms with Gasteiger partial charge in [0, 0.05) is 10.6 Å². The number of thiol groups is 1. The van der Waals surface area contributed by atoms with Gasteiger partial charge in [-0.05, 0) is 60.2 Å². The molecule has 1 aromatic rings. The van der Waals surface area contributed by atoms with Crippen LogP contribution < -0.4 is 5.73 Å². The first-order valence-electron chi connectivity index (χ1n) is 7.30. The van der Waals surface area contributed by atoms with Crippen molar-refractivity contribution in [1.29, 1.82) is 0 Å². The van der Waals surface area contributed by atoms with Crippen molar-refractivity contribution in [3.8, 4) is 0 Å². The maximum atomic E-state index is 5.69. The van der Waals surface area contributed by atoms with E-state index in [1.54, 1.807) is 0 Å². The van der Waals surface area contributed by atoms with Crippen molar-refractivity contribution >= 4 is 18.2 Å². The highest BCUT2D eigenvalue weighted by molar-refractivity contribution is 7.80. The summed E-state index contributed by atoms with van der Waals surface area (Å²) in [6.07, 6.45) is 7.38. The average Bonchev–Trinajstić information content (AvgIpc) is 2.89. The molecule has 2 heteroatoms. The number of rotatable bonds is 3. The summed E-state index contributed by atoms with van der Waals surface area (Å²) in [5.74, 6) is 0. The number of hydrogen-bond acceptors (Lipinski definition) is 2. The molecule has 2 N–H and O–H groups in total. The fourth-order valence-electron chi connectivity index (χ4n) is 2.21. The Balaban J connectivity index is 0.00000106. The molecule has 0 amide bonds. The summed E-state index contributed by atoms with van der Waals surface area (Å²) in [5.41, 5.74) is 12.5. The molecule has 0 saturated carbocycles. The first-order chi connectivity index (χ1) is 9.97. The number of aryl methyl sites for hydroxylation is 1. The van der Waals surface area contributed by atoms with Crippen molar-refractivity contribution < 1.29 is 0 Å². The minimum atomic E-state index is 0.630. The molecule has 0 unspecified atom stereocenters. The molecule has 2 rings (SSSR count). The van der Waals surface area contributed by atoms with Gasteiger partial charge >= 0.3 is 0 Å². The normalized spacial score (nSPS) is 14.0. The highest BCUT2D eigenvalue weighted by atomic mass is 32.1. The molecule has 0 saturated heterocycles. The topological polar surface area (TPSA) is 26.0 Å². The molecular formula is C19H25NS. The Morgan fingerprint density at radius 3 is 2.52 bits per heavy atom. The molecule has 1 nitrogen and oxygen atoms in total. The van der Waals surface area contributed by atoms with Crippen molar-refractivity contribution in [3.05, 3.63) is 71.0 Å². The minimum Gasteiger partial charge on any atom is -0.399 e. The molecular weight excluding hydrogens is 274 g/mol. The third-order valence-electron chi connectivity index (χ3n) is 3.36. The molecule has 0 atom stereocenters. The van der Waals surface area contributed by atoms with Crippen molar-refractivity contribution in [3.63, 3.8) is 0 Å². The number of benzene rings is 1. The molecule has 1 aliphatic carbocycles. The molecule has 0 heterocycles. The van der Waals surface area contributed by atoms with Crippen LogP contribution in [0.2, 0.25) is 0 Å². The molecule has 0 bridgehead atoms. The highest BCUT2D eigenvalue weighted by Crippen LogP contribution is 2.32. The van der Waals surface area contributed by atoms with Crippen LogP contribution >= 0.6 is 12.6 Å². The maximum absolute atomic E-state index is 5.69. The Morgan fingerprint density at radius 2 is 1.95 bits per heavy atom. The Labute approximate surface area is 134 Å². The summed E-state index contributed by atoms with van der Waals surface area (Å²) < 4.78 is 0. The summed E-state index contributed by atoms with van der Waals surface area (Å²) in [6, 6.07) is 6.27. The van der Waals surface area contributed by atoms with Gasteiger partial charge in [-0.1, -0.05) is 44.7 Å². The Hall–Kier alpha value is -1.67. The fourth-order valence-corrected chi connectivity index (χ4v) is 2.48. The van der Waals surface area contributed by atoms with Crippen LogP contribution in [-0.4, -0.2) is 0 Å². The molecule has 21 heavy (non-hydrogen) atoms. The lowest BCUT2D eigenvalue weighted by molar-refractivity contribution is 1.25. The SMILES string of the molecule is C=C(N)/C(C)=C\C1=CC=C(c2ccc(S)cc2C)C1.CC. The van der Waals surface area contributed by atoms with Crippen LogP contribution in [0.25, 0.3) is 5.57 Å². The Morgan fingerprint density at radius 1 is 1.29 bits per heavy atom. The molecule has 1 aromatic carbocycles. The van der Waals surface area contributed by atoms with Crippen LogP contribution in [0, 0.1) is 6.92 Å². The zero-order chi connectivity index (χ0) is 16.0. The van der Waals surface area contributed by atoms with Crippen LogP contribution in [0.5, 0.6) is 0 Å². The van der Waals surface area contributed by atoms with E-state index in [-0.39, 0.29) is 0 Å². The van der Waals surface area contributed by atoms with Gasteiger partial charge in [0.25, 0.3) is 0 Å². The monoisotopic (exact) mass is 299 g/mol. The largest absolute Gasteiger partial charge is 0.399 e. The number of nitrogens with two attached hydrogens (primary N) is 1. The third kappa shape index (κ3) is 4.68. The zero-order valence-corrected chi connectivity index (χ0v) is 14.3.